The lowest BCUT2D eigenvalue weighted by Crippen LogP contribution is -2.46. The maximum Gasteiger partial charge on any atom is 0.275 e. The minimum Gasteiger partial charge on any atom is -0.378 e. The molecule has 0 bridgehead atoms. The summed E-state index contributed by atoms with van der Waals surface area (Å²) in [5.41, 5.74) is 2.13. The lowest BCUT2D eigenvalue weighted by Gasteiger charge is -2.34. The van der Waals surface area contributed by atoms with E-state index in [0.717, 1.165) is 49.9 Å². The summed E-state index contributed by atoms with van der Waals surface area (Å²) in [6, 6.07) is 7.67. The second kappa shape index (κ2) is 8.14. The van der Waals surface area contributed by atoms with E-state index in [2.05, 4.69) is 32.0 Å². The number of carbonyl (C=O) groups is 1. The van der Waals surface area contributed by atoms with E-state index < -0.39 is 0 Å². The Kier molecular flexibility index (Phi) is 5.68. The highest BCUT2D eigenvalue weighted by atomic mass is 16.1. The van der Waals surface area contributed by atoms with Gasteiger partial charge in [-0.05, 0) is 30.8 Å². The van der Waals surface area contributed by atoms with Crippen molar-refractivity contribution >= 4 is 23.1 Å². The summed E-state index contributed by atoms with van der Waals surface area (Å²) in [5, 5.41) is 2.86. The number of hydrogen-bond acceptors (Lipinski definition) is 6. The first kappa shape index (κ1) is 18.1. The number of aromatic nitrogens is 2. The number of carbonyl (C=O) groups excluding carboxylic acids is 1. The van der Waals surface area contributed by atoms with E-state index in [0.29, 0.717) is 5.69 Å². The van der Waals surface area contributed by atoms with Crippen molar-refractivity contribution in [3.05, 3.63) is 42.4 Å². The van der Waals surface area contributed by atoms with Gasteiger partial charge in [-0.3, -0.25) is 4.79 Å². The molecule has 7 nitrogen and oxygen atoms in total. The van der Waals surface area contributed by atoms with E-state index in [-0.39, 0.29) is 5.91 Å². The van der Waals surface area contributed by atoms with Gasteiger partial charge in [0, 0.05) is 51.6 Å². The molecule has 7 heteroatoms. The highest BCUT2D eigenvalue weighted by molar-refractivity contribution is 6.02. The summed E-state index contributed by atoms with van der Waals surface area (Å²) in [6.07, 6.45) is 3.23. The molecule has 0 radical (unpaired) electrons. The topological polar surface area (TPSA) is 64.6 Å². The molecule has 1 saturated heterocycles. The van der Waals surface area contributed by atoms with E-state index in [1.54, 1.807) is 12.4 Å². The summed E-state index contributed by atoms with van der Waals surface area (Å²) in [7, 11) is 3.96. The van der Waals surface area contributed by atoms with Crippen LogP contribution in [0.25, 0.3) is 0 Å². The Morgan fingerprint density at radius 3 is 2.31 bits per heavy atom. The summed E-state index contributed by atoms with van der Waals surface area (Å²) >= 11 is 0. The molecule has 0 saturated carbocycles. The van der Waals surface area contributed by atoms with Crippen LogP contribution in [0.2, 0.25) is 0 Å². The molecule has 0 aliphatic carbocycles. The van der Waals surface area contributed by atoms with Crippen LogP contribution in [0.4, 0.5) is 17.2 Å². The van der Waals surface area contributed by atoms with Gasteiger partial charge in [-0.25, -0.2) is 9.97 Å². The fraction of sp³-hybridized carbons (Fsp3) is 0.421. The minimum atomic E-state index is -0.252. The van der Waals surface area contributed by atoms with E-state index in [4.69, 9.17) is 0 Å². The molecule has 2 heterocycles. The average molecular weight is 354 g/mol. The molecular weight excluding hydrogens is 328 g/mol. The molecule has 1 aromatic carbocycles. The van der Waals surface area contributed by atoms with Crippen molar-refractivity contribution < 1.29 is 4.79 Å². The van der Waals surface area contributed by atoms with Crippen LogP contribution in [-0.2, 0) is 0 Å². The van der Waals surface area contributed by atoms with Crippen molar-refractivity contribution in [1.82, 2.24) is 14.9 Å². The Balaban J connectivity index is 1.60. The van der Waals surface area contributed by atoms with E-state index in [9.17, 15) is 4.79 Å². The number of hydrogen-bond donors (Lipinski definition) is 1. The van der Waals surface area contributed by atoms with Gasteiger partial charge in [0.1, 0.15) is 11.5 Å². The molecule has 1 aromatic heterocycles. The third kappa shape index (κ3) is 4.29. The molecule has 0 atom stereocenters. The molecule has 1 N–H and O–H groups in total. The monoisotopic (exact) mass is 354 g/mol. The smallest absolute Gasteiger partial charge is 0.275 e. The molecule has 3 rings (SSSR count). The van der Waals surface area contributed by atoms with Crippen molar-refractivity contribution in [2.75, 3.05) is 61.9 Å². The zero-order valence-electron chi connectivity index (χ0n) is 15.6. The molecule has 2 aromatic rings. The van der Waals surface area contributed by atoms with Crippen LogP contribution in [0.5, 0.6) is 0 Å². The number of anilines is 3. The number of likely N-dealkylation sites (N-methyl/N-ethyl adjacent to an activating group) is 1. The van der Waals surface area contributed by atoms with Gasteiger partial charge in [-0.1, -0.05) is 6.92 Å². The van der Waals surface area contributed by atoms with Crippen molar-refractivity contribution in [2.45, 2.75) is 6.92 Å². The van der Waals surface area contributed by atoms with Crippen molar-refractivity contribution in [1.29, 1.82) is 0 Å². The molecular formula is C19H26N6O. The van der Waals surface area contributed by atoms with Crippen molar-refractivity contribution in [3.8, 4) is 0 Å². The van der Waals surface area contributed by atoms with Gasteiger partial charge in [-0.15, -0.1) is 0 Å². The molecule has 26 heavy (non-hydrogen) atoms. The van der Waals surface area contributed by atoms with Gasteiger partial charge < -0.3 is 20.0 Å². The van der Waals surface area contributed by atoms with Crippen molar-refractivity contribution in [3.63, 3.8) is 0 Å². The summed E-state index contributed by atoms with van der Waals surface area (Å²) in [6.45, 7) is 7.19. The van der Waals surface area contributed by atoms with Gasteiger partial charge >= 0.3 is 0 Å². The first-order valence-electron chi connectivity index (χ1n) is 8.95. The predicted octanol–water partition coefficient (Wildman–Crippen LogP) is 1.94. The van der Waals surface area contributed by atoms with Gasteiger partial charge in [0.05, 0.1) is 12.4 Å². The van der Waals surface area contributed by atoms with Crippen LogP contribution < -0.4 is 15.1 Å². The fourth-order valence-electron chi connectivity index (χ4n) is 2.93. The predicted molar refractivity (Wildman–Crippen MR) is 105 cm³/mol. The average Bonchev–Trinajstić information content (AvgIpc) is 2.68. The van der Waals surface area contributed by atoms with Gasteiger partial charge in [0.25, 0.3) is 5.91 Å². The number of nitrogens with zero attached hydrogens (tertiary/aromatic N) is 5. The molecule has 138 valence electrons. The Morgan fingerprint density at radius 2 is 1.77 bits per heavy atom. The Bertz CT molecular complexity index is 721. The maximum atomic E-state index is 12.4. The number of piperazine rings is 1. The third-order valence-electron chi connectivity index (χ3n) is 4.66. The summed E-state index contributed by atoms with van der Waals surface area (Å²) < 4.78 is 0. The van der Waals surface area contributed by atoms with E-state index >= 15 is 0 Å². The van der Waals surface area contributed by atoms with Crippen LogP contribution in [-0.4, -0.2) is 67.6 Å². The number of benzene rings is 1. The Hall–Kier alpha value is -2.67. The minimum absolute atomic E-state index is 0.252. The Morgan fingerprint density at radius 1 is 1.08 bits per heavy atom. The van der Waals surface area contributed by atoms with E-state index in [1.807, 2.05) is 43.3 Å². The second-order valence-corrected chi connectivity index (χ2v) is 6.58. The van der Waals surface area contributed by atoms with Gasteiger partial charge in [0.2, 0.25) is 0 Å². The SMILES string of the molecule is CCN1CCN(c2cnc(C(=O)Nc3ccc(N(C)C)cc3)cn2)CC1. The lowest BCUT2D eigenvalue weighted by atomic mass is 10.2. The first-order valence-corrected chi connectivity index (χ1v) is 8.95. The second-order valence-electron chi connectivity index (χ2n) is 6.58. The third-order valence-corrected chi connectivity index (χ3v) is 4.66. The standard InChI is InChI=1S/C19H26N6O/c1-4-24-9-11-25(12-10-24)18-14-20-17(13-21-18)19(26)22-15-5-7-16(8-6-15)23(2)3/h5-8,13-14H,4,9-12H2,1-3H3,(H,22,26). The number of amides is 1. The van der Waals surface area contributed by atoms with Crippen LogP contribution in [0.3, 0.4) is 0 Å². The first-order chi connectivity index (χ1) is 12.6. The number of nitrogens with one attached hydrogen (secondary N) is 1. The number of rotatable bonds is 5. The van der Waals surface area contributed by atoms with Crippen LogP contribution in [0.1, 0.15) is 17.4 Å². The molecule has 1 aliphatic heterocycles. The molecule has 1 amide bonds. The van der Waals surface area contributed by atoms with Crippen LogP contribution >= 0.6 is 0 Å². The molecule has 1 aliphatic rings. The normalized spacial score (nSPS) is 15.0. The lowest BCUT2D eigenvalue weighted by molar-refractivity contribution is 0.102. The van der Waals surface area contributed by atoms with E-state index in [1.165, 1.54) is 0 Å². The maximum absolute atomic E-state index is 12.4. The fourth-order valence-corrected chi connectivity index (χ4v) is 2.93. The zero-order chi connectivity index (χ0) is 18.5. The highest BCUT2D eigenvalue weighted by Gasteiger charge is 2.17. The summed E-state index contributed by atoms with van der Waals surface area (Å²) in [5.74, 6) is 0.574. The van der Waals surface area contributed by atoms with Gasteiger partial charge in [-0.2, -0.15) is 0 Å². The van der Waals surface area contributed by atoms with Crippen molar-refractivity contribution in [2.24, 2.45) is 0 Å². The molecule has 1 fully saturated rings. The molecule has 0 spiro atoms. The highest BCUT2D eigenvalue weighted by Crippen LogP contribution is 2.17. The van der Waals surface area contributed by atoms with Crippen LogP contribution in [0, 0.1) is 0 Å². The zero-order valence-corrected chi connectivity index (χ0v) is 15.6. The quantitative estimate of drug-likeness (QED) is 0.885. The summed E-state index contributed by atoms with van der Waals surface area (Å²) in [4.78, 5) is 27.7. The van der Waals surface area contributed by atoms with Gasteiger partial charge in [0.15, 0.2) is 0 Å². The Labute approximate surface area is 154 Å². The van der Waals surface area contributed by atoms with Crippen LogP contribution in [0.15, 0.2) is 36.7 Å². The molecule has 0 unspecified atom stereocenters. The largest absolute Gasteiger partial charge is 0.378 e.